The van der Waals surface area contributed by atoms with Crippen molar-refractivity contribution in [2.24, 2.45) is 0 Å². The maximum absolute atomic E-state index is 11.9. The highest BCUT2D eigenvalue weighted by Gasteiger charge is 2.27. The molecule has 108 valence electrons. The predicted octanol–water partition coefficient (Wildman–Crippen LogP) is 2.97. The van der Waals surface area contributed by atoms with E-state index in [1.165, 1.54) is 18.3 Å². The Kier molecular flexibility index (Phi) is 4.57. The van der Waals surface area contributed by atoms with Crippen molar-refractivity contribution in [2.75, 3.05) is 0 Å². The van der Waals surface area contributed by atoms with Gasteiger partial charge in [-0.25, -0.2) is 13.4 Å². The van der Waals surface area contributed by atoms with E-state index in [1.54, 1.807) is 13.8 Å². The SMILES string of the molecule is CC(=O)c1sc(CS(=O)(=O)C(C)C)nc1C(C)(C)C. The van der Waals surface area contributed by atoms with Crippen LogP contribution in [0.2, 0.25) is 0 Å². The first-order valence-electron chi connectivity index (χ1n) is 6.18. The molecule has 0 aliphatic rings. The molecule has 4 nitrogen and oxygen atoms in total. The van der Waals surface area contributed by atoms with Crippen LogP contribution in [0.5, 0.6) is 0 Å². The van der Waals surface area contributed by atoms with Crippen LogP contribution in [-0.4, -0.2) is 24.4 Å². The van der Waals surface area contributed by atoms with Crippen LogP contribution >= 0.6 is 11.3 Å². The number of carbonyl (C=O) groups is 1. The van der Waals surface area contributed by atoms with Crippen LogP contribution in [0.25, 0.3) is 0 Å². The van der Waals surface area contributed by atoms with Gasteiger partial charge in [0.05, 0.1) is 15.8 Å². The third-order valence-corrected chi connectivity index (χ3v) is 6.20. The minimum Gasteiger partial charge on any atom is -0.294 e. The third-order valence-electron chi connectivity index (χ3n) is 2.74. The van der Waals surface area contributed by atoms with Gasteiger partial charge in [-0.15, -0.1) is 11.3 Å². The summed E-state index contributed by atoms with van der Waals surface area (Å²) in [6.07, 6.45) is 0. The van der Waals surface area contributed by atoms with Crippen LogP contribution in [0.15, 0.2) is 0 Å². The molecule has 1 aromatic heterocycles. The molecule has 0 radical (unpaired) electrons. The summed E-state index contributed by atoms with van der Waals surface area (Å²) in [6.45, 7) is 10.7. The summed E-state index contributed by atoms with van der Waals surface area (Å²) in [7, 11) is -3.19. The van der Waals surface area contributed by atoms with Crippen molar-refractivity contribution in [3.05, 3.63) is 15.6 Å². The van der Waals surface area contributed by atoms with Gasteiger partial charge in [0.1, 0.15) is 10.8 Å². The second-order valence-corrected chi connectivity index (χ2v) is 9.59. The highest BCUT2D eigenvalue weighted by molar-refractivity contribution is 7.91. The van der Waals surface area contributed by atoms with E-state index in [2.05, 4.69) is 4.98 Å². The summed E-state index contributed by atoms with van der Waals surface area (Å²) in [5.41, 5.74) is 0.427. The van der Waals surface area contributed by atoms with Crippen LogP contribution < -0.4 is 0 Å². The van der Waals surface area contributed by atoms with Crippen LogP contribution in [0.4, 0.5) is 0 Å². The molecule has 0 aliphatic heterocycles. The summed E-state index contributed by atoms with van der Waals surface area (Å²) in [5.74, 6) is -0.151. The number of thiazole rings is 1. The third kappa shape index (κ3) is 3.86. The molecule has 0 fully saturated rings. The first-order valence-corrected chi connectivity index (χ1v) is 8.71. The van der Waals surface area contributed by atoms with Gasteiger partial charge in [-0.3, -0.25) is 4.79 Å². The molecule has 0 saturated heterocycles. The Labute approximate surface area is 119 Å². The number of Topliss-reactive ketones (excluding diaryl/α,β-unsaturated/α-hetero) is 1. The zero-order chi connectivity index (χ0) is 15.0. The number of nitrogens with zero attached hydrogens (tertiary/aromatic N) is 1. The standard InChI is InChI=1S/C13H21NO3S2/c1-8(2)19(16,17)7-10-14-12(13(4,5)6)11(18-10)9(3)15/h8H,7H2,1-6H3. The smallest absolute Gasteiger partial charge is 0.171 e. The van der Waals surface area contributed by atoms with Gasteiger partial charge in [0.25, 0.3) is 0 Å². The first kappa shape index (κ1) is 16.3. The van der Waals surface area contributed by atoms with E-state index in [-0.39, 0.29) is 17.0 Å². The zero-order valence-corrected chi connectivity index (χ0v) is 13.9. The maximum atomic E-state index is 11.9. The maximum Gasteiger partial charge on any atom is 0.171 e. The first-order chi connectivity index (χ1) is 8.45. The predicted molar refractivity (Wildman–Crippen MR) is 78.6 cm³/mol. The molecule has 0 bridgehead atoms. The Hall–Kier alpha value is -0.750. The molecule has 0 aliphatic carbocycles. The van der Waals surface area contributed by atoms with Crippen molar-refractivity contribution in [1.82, 2.24) is 4.98 Å². The fraction of sp³-hybridized carbons (Fsp3) is 0.692. The number of ketones is 1. The molecule has 0 spiro atoms. The molecule has 1 heterocycles. The molecule has 0 N–H and O–H groups in total. The van der Waals surface area contributed by atoms with Gasteiger partial charge in [0.2, 0.25) is 0 Å². The Morgan fingerprint density at radius 2 is 1.84 bits per heavy atom. The molecule has 1 aromatic rings. The molecule has 0 saturated carbocycles. The van der Waals surface area contributed by atoms with Crippen molar-refractivity contribution in [3.63, 3.8) is 0 Å². The molecular weight excluding hydrogens is 282 g/mol. The zero-order valence-electron chi connectivity index (χ0n) is 12.3. The lowest BCUT2D eigenvalue weighted by Gasteiger charge is -2.16. The van der Waals surface area contributed by atoms with Crippen LogP contribution in [0, 0.1) is 0 Å². The lowest BCUT2D eigenvalue weighted by molar-refractivity contribution is 0.101. The van der Waals surface area contributed by atoms with Gasteiger partial charge in [-0.2, -0.15) is 0 Å². The molecule has 0 unspecified atom stereocenters. The van der Waals surface area contributed by atoms with Crippen LogP contribution in [-0.2, 0) is 21.0 Å². The number of aromatic nitrogens is 1. The van der Waals surface area contributed by atoms with Crippen molar-refractivity contribution in [1.29, 1.82) is 0 Å². The Balaban J connectivity index is 3.24. The van der Waals surface area contributed by atoms with E-state index < -0.39 is 15.1 Å². The fourth-order valence-electron chi connectivity index (χ4n) is 1.51. The molecule has 6 heteroatoms. The summed E-state index contributed by atoms with van der Waals surface area (Å²) < 4.78 is 23.8. The topological polar surface area (TPSA) is 64.1 Å². The normalized spacial score (nSPS) is 13.0. The molecule has 0 atom stereocenters. The van der Waals surface area contributed by atoms with Gasteiger partial charge in [0, 0.05) is 12.3 Å². The summed E-state index contributed by atoms with van der Waals surface area (Å²) >= 11 is 1.20. The second kappa shape index (κ2) is 5.32. The molecule has 1 rings (SSSR count). The highest BCUT2D eigenvalue weighted by Crippen LogP contribution is 2.31. The number of hydrogen-bond donors (Lipinski definition) is 0. The van der Waals surface area contributed by atoms with E-state index >= 15 is 0 Å². The molecule has 0 amide bonds. The summed E-state index contributed by atoms with van der Waals surface area (Å²) in [6, 6.07) is 0. The minimum atomic E-state index is -3.19. The molecular formula is C13H21NO3S2. The molecule has 0 aromatic carbocycles. The van der Waals surface area contributed by atoms with Crippen molar-refractivity contribution in [3.8, 4) is 0 Å². The van der Waals surface area contributed by atoms with E-state index in [1.807, 2.05) is 20.8 Å². The van der Waals surface area contributed by atoms with E-state index in [9.17, 15) is 13.2 Å². The van der Waals surface area contributed by atoms with Gasteiger partial charge >= 0.3 is 0 Å². The lowest BCUT2D eigenvalue weighted by atomic mass is 9.91. The fourth-order valence-corrected chi connectivity index (χ4v) is 3.95. The van der Waals surface area contributed by atoms with Crippen molar-refractivity contribution < 1.29 is 13.2 Å². The number of hydrogen-bond acceptors (Lipinski definition) is 5. The Morgan fingerprint density at radius 3 is 2.16 bits per heavy atom. The minimum absolute atomic E-state index is 0.0596. The van der Waals surface area contributed by atoms with Crippen molar-refractivity contribution >= 4 is 27.0 Å². The molecule has 19 heavy (non-hydrogen) atoms. The number of sulfone groups is 1. The van der Waals surface area contributed by atoms with E-state index in [4.69, 9.17) is 0 Å². The van der Waals surface area contributed by atoms with E-state index in [0.29, 0.717) is 15.6 Å². The summed E-state index contributed by atoms with van der Waals surface area (Å²) in [4.78, 5) is 16.6. The Morgan fingerprint density at radius 1 is 1.32 bits per heavy atom. The average Bonchev–Trinajstić information content (AvgIpc) is 2.60. The quantitative estimate of drug-likeness (QED) is 0.802. The largest absolute Gasteiger partial charge is 0.294 e. The van der Waals surface area contributed by atoms with Crippen LogP contribution in [0.3, 0.4) is 0 Å². The van der Waals surface area contributed by atoms with Crippen molar-refractivity contribution in [2.45, 2.75) is 58.0 Å². The number of carbonyl (C=O) groups excluding carboxylic acids is 1. The highest BCUT2D eigenvalue weighted by atomic mass is 32.2. The van der Waals surface area contributed by atoms with Gasteiger partial charge in [-0.1, -0.05) is 20.8 Å². The van der Waals surface area contributed by atoms with Gasteiger partial charge in [0.15, 0.2) is 15.6 Å². The summed E-state index contributed by atoms with van der Waals surface area (Å²) in [5, 5.41) is 0.0686. The number of rotatable bonds is 4. The van der Waals surface area contributed by atoms with Gasteiger partial charge < -0.3 is 0 Å². The monoisotopic (exact) mass is 303 g/mol. The average molecular weight is 303 g/mol. The Bertz CT molecular complexity index is 578. The van der Waals surface area contributed by atoms with Gasteiger partial charge in [-0.05, 0) is 13.8 Å². The second-order valence-electron chi connectivity index (χ2n) is 5.95. The van der Waals surface area contributed by atoms with Crippen LogP contribution in [0.1, 0.15) is 61.9 Å². The lowest BCUT2D eigenvalue weighted by Crippen LogP contribution is -2.17. The van der Waals surface area contributed by atoms with E-state index in [0.717, 1.165) is 0 Å².